The third kappa shape index (κ3) is 6.17. The summed E-state index contributed by atoms with van der Waals surface area (Å²) in [5, 5.41) is 12.0. The van der Waals surface area contributed by atoms with E-state index in [1.165, 1.54) is 22.8 Å². The lowest BCUT2D eigenvalue weighted by molar-refractivity contribution is -0.384. The van der Waals surface area contributed by atoms with Crippen LogP contribution in [0.4, 0.5) is 5.69 Å². The molecule has 0 N–H and O–H groups in total. The third-order valence-electron chi connectivity index (χ3n) is 9.87. The van der Waals surface area contributed by atoms with Crippen molar-refractivity contribution < 1.29 is 4.92 Å². The predicted octanol–water partition coefficient (Wildman–Crippen LogP) is 13.6. The number of aromatic nitrogens is 2. The molecule has 54 heavy (non-hydrogen) atoms. The van der Waals surface area contributed by atoms with E-state index in [0.29, 0.717) is 0 Å². The highest BCUT2D eigenvalue weighted by molar-refractivity contribution is 7.24. The van der Waals surface area contributed by atoms with E-state index in [0.717, 1.165) is 86.1 Å². The molecule has 7 heteroatoms. The van der Waals surface area contributed by atoms with Crippen molar-refractivity contribution in [3.63, 3.8) is 0 Å². The Morgan fingerprint density at radius 1 is 0.444 bits per heavy atom. The van der Waals surface area contributed by atoms with E-state index in [1.54, 1.807) is 34.8 Å². The number of nitro benzene ring substituents is 1. The molecule has 5 heterocycles. The molecule has 0 unspecified atom stereocenters. The van der Waals surface area contributed by atoms with Crippen molar-refractivity contribution in [2.45, 2.75) is 20.8 Å². The Balaban J connectivity index is 1.47. The molecular weight excluding hydrogens is 703 g/mol. The summed E-state index contributed by atoms with van der Waals surface area (Å²) in [4.78, 5) is 22.4. The van der Waals surface area contributed by atoms with Crippen LogP contribution in [0.2, 0.25) is 0 Å². The van der Waals surface area contributed by atoms with Crippen molar-refractivity contribution >= 4 is 71.5 Å². The molecule has 7 aromatic rings. The second-order valence-corrected chi connectivity index (χ2v) is 15.8. The molecule has 9 rings (SSSR count). The van der Waals surface area contributed by atoms with Crippen LogP contribution in [-0.4, -0.2) is 14.9 Å². The van der Waals surface area contributed by atoms with E-state index in [9.17, 15) is 10.1 Å². The van der Waals surface area contributed by atoms with Gasteiger partial charge in [0, 0.05) is 53.2 Å². The third-order valence-corrected chi connectivity index (χ3v) is 12.1. The Morgan fingerprint density at radius 2 is 0.778 bits per heavy atom. The Labute approximate surface area is 321 Å². The summed E-state index contributed by atoms with van der Waals surface area (Å²) < 4.78 is 4.20. The number of rotatable bonds is 5. The van der Waals surface area contributed by atoms with Crippen molar-refractivity contribution in [1.29, 1.82) is 0 Å². The maximum absolute atomic E-state index is 12.0. The fourth-order valence-electron chi connectivity index (χ4n) is 7.10. The minimum Gasteiger partial charge on any atom is -0.258 e. The van der Waals surface area contributed by atoms with Crippen LogP contribution in [0.1, 0.15) is 39.5 Å². The summed E-state index contributed by atoms with van der Waals surface area (Å²) in [6, 6.07) is 41.4. The molecule has 0 atom stereocenters. The van der Waals surface area contributed by atoms with Gasteiger partial charge in [0.15, 0.2) is 0 Å². The number of non-ortho nitro benzene ring substituents is 1. The van der Waals surface area contributed by atoms with Gasteiger partial charge in [-0.1, -0.05) is 102 Å². The Hall–Kier alpha value is -6.28. The lowest BCUT2D eigenvalue weighted by atomic mass is 10.0. The maximum atomic E-state index is 12.0. The average Bonchev–Trinajstić information content (AvgIpc) is 4.02. The SMILES string of the molecule is Cc1ccc(-c2c3nc(c(-c4ccc(C)cc4)c4ccc(s4)c(-c4cccc([N+](=O)[O-])c4)c4nc(c(-c5ccc(C)cc5)c5ccc2s5)C=C4)C=C3)cc1. The van der Waals surface area contributed by atoms with Crippen LogP contribution in [-0.2, 0) is 0 Å². The van der Waals surface area contributed by atoms with Gasteiger partial charge in [-0.3, -0.25) is 10.1 Å². The average molecular weight is 736 g/mol. The topological polar surface area (TPSA) is 68.9 Å². The number of nitro groups is 1. The summed E-state index contributed by atoms with van der Waals surface area (Å²) >= 11 is 3.38. The molecule has 0 spiro atoms. The highest BCUT2D eigenvalue weighted by atomic mass is 32.1. The largest absolute Gasteiger partial charge is 0.270 e. The van der Waals surface area contributed by atoms with Crippen LogP contribution in [0, 0.1) is 30.9 Å². The normalized spacial score (nSPS) is 12.0. The van der Waals surface area contributed by atoms with Crippen LogP contribution in [0.25, 0.3) is 87.6 Å². The monoisotopic (exact) mass is 735 g/mol. The first-order valence-electron chi connectivity index (χ1n) is 17.7. The number of aryl methyl sites for hydroxylation is 3. The van der Waals surface area contributed by atoms with E-state index >= 15 is 0 Å². The fourth-order valence-corrected chi connectivity index (χ4v) is 9.41. The number of fused-ring (bicyclic) bond motifs is 8. The second-order valence-electron chi connectivity index (χ2n) is 13.7. The van der Waals surface area contributed by atoms with Crippen LogP contribution in [0.3, 0.4) is 0 Å². The van der Waals surface area contributed by atoms with Gasteiger partial charge in [0.2, 0.25) is 0 Å². The molecule has 0 fully saturated rings. The summed E-state index contributed by atoms with van der Waals surface area (Å²) in [5.41, 5.74) is 15.0. The summed E-state index contributed by atoms with van der Waals surface area (Å²) in [6.07, 6.45) is 8.39. The molecule has 260 valence electrons. The lowest BCUT2D eigenvalue weighted by Gasteiger charge is -2.07. The standard InChI is InChI=1S/C47H33N3O2S2/c1-28-7-13-31(14-8-28)44-36-19-20-37(48-36)45(32-15-9-29(2)10-16-32)42-25-26-43(54-42)47(34-5-4-6-35(27-34)50(51)52)39-22-21-38(49-39)46(41-24-23-40(44)53-41)33-17-11-30(3)12-18-33/h4-27H,1-3H3. The van der Waals surface area contributed by atoms with Crippen LogP contribution >= 0.6 is 22.7 Å². The van der Waals surface area contributed by atoms with Gasteiger partial charge in [-0.2, -0.15) is 0 Å². The molecule has 4 aromatic carbocycles. The number of hydrogen-bond donors (Lipinski definition) is 0. The van der Waals surface area contributed by atoms with E-state index in [2.05, 4.69) is 136 Å². The van der Waals surface area contributed by atoms with Crippen LogP contribution in [0.15, 0.2) is 121 Å². The predicted molar refractivity (Wildman–Crippen MR) is 229 cm³/mol. The Bertz CT molecular complexity index is 2820. The molecule has 0 saturated carbocycles. The van der Waals surface area contributed by atoms with E-state index in [-0.39, 0.29) is 10.6 Å². The van der Waals surface area contributed by atoms with Crippen molar-refractivity contribution in [2.75, 3.05) is 0 Å². The van der Waals surface area contributed by atoms with Gasteiger partial charge in [-0.05, 0) is 91.6 Å². The molecule has 5 nitrogen and oxygen atoms in total. The van der Waals surface area contributed by atoms with Gasteiger partial charge >= 0.3 is 0 Å². The highest BCUT2D eigenvalue weighted by Crippen LogP contribution is 2.43. The molecule has 0 aliphatic carbocycles. The number of thiophene rings is 2. The Morgan fingerprint density at radius 3 is 1.11 bits per heavy atom. The number of benzene rings is 4. The first kappa shape index (κ1) is 33.5. The number of hydrogen-bond acceptors (Lipinski definition) is 6. The van der Waals surface area contributed by atoms with Crippen LogP contribution in [0.5, 0.6) is 0 Å². The van der Waals surface area contributed by atoms with Crippen molar-refractivity contribution in [3.05, 3.63) is 171 Å². The van der Waals surface area contributed by atoms with E-state index in [4.69, 9.17) is 9.97 Å². The molecule has 0 amide bonds. The van der Waals surface area contributed by atoms with Gasteiger partial charge < -0.3 is 0 Å². The minimum atomic E-state index is -0.342. The molecule has 8 bridgehead atoms. The molecule has 0 radical (unpaired) electrons. The van der Waals surface area contributed by atoms with Crippen molar-refractivity contribution in [1.82, 2.24) is 9.97 Å². The van der Waals surface area contributed by atoms with E-state index < -0.39 is 0 Å². The molecular formula is C47H33N3O2S2. The van der Waals surface area contributed by atoms with Gasteiger partial charge in [0.05, 0.1) is 27.7 Å². The first-order chi connectivity index (χ1) is 26.3. The molecule has 0 saturated heterocycles. The molecule has 2 aliphatic rings. The minimum absolute atomic E-state index is 0.0368. The molecule has 2 aliphatic heterocycles. The Kier molecular flexibility index (Phi) is 8.45. The van der Waals surface area contributed by atoms with E-state index in [1.807, 2.05) is 12.1 Å². The maximum Gasteiger partial charge on any atom is 0.270 e. The van der Waals surface area contributed by atoms with Gasteiger partial charge in [0.25, 0.3) is 5.69 Å². The zero-order valence-electron chi connectivity index (χ0n) is 29.8. The quantitative estimate of drug-likeness (QED) is 0.130. The highest BCUT2D eigenvalue weighted by Gasteiger charge is 2.20. The smallest absolute Gasteiger partial charge is 0.258 e. The summed E-state index contributed by atoms with van der Waals surface area (Å²) in [6.45, 7) is 6.30. The first-order valence-corrected chi connectivity index (χ1v) is 19.4. The number of nitrogens with zero attached hydrogens (tertiary/aromatic N) is 3. The van der Waals surface area contributed by atoms with Crippen molar-refractivity contribution in [3.8, 4) is 44.5 Å². The van der Waals surface area contributed by atoms with Gasteiger partial charge in [-0.15, -0.1) is 22.7 Å². The van der Waals surface area contributed by atoms with Gasteiger partial charge in [-0.25, -0.2) is 9.97 Å². The zero-order chi connectivity index (χ0) is 36.9. The summed E-state index contributed by atoms with van der Waals surface area (Å²) in [7, 11) is 0. The van der Waals surface area contributed by atoms with Gasteiger partial charge in [0.1, 0.15) is 0 Å². The molecule has 3 aromatic heterocycles. The van der Waals surface area contributed by atoms with Crippen molar-refractivity contribution in [2.24, 2.45) is 0 Å². The zero-order valence-corrected chi connectivity index (χ0v) is 31.5. The van der Waals surface area contributed by atoms with Crippen LogP contribution < -0.4 is 0 Å². The summed E-state index contributed by atoms with van der Waals surface area (Å²) in [5.74, 6) is 0. The second kappa shape index (κ2) is 13.6. The fraction of sp³-hybridized carbons (Fsp3) is 0.0638. The lowest BCUT2D eigenvalue weighted by Crippen LogP contribution is -1.90.